The van der Waals surface area contributed by atoms with E-state index in [9.17, 15) is 4.79 Å². The van der Waals surface area contributed by atoms with E-state index in [4.69, 9.17) is 4.74 Å². The molecule has 0 radical (unpaired) electrons. The number of rotatable bonds is 2. The average molecular weight is 280 g/mol. The molecule has 1 unspecified atom stereocenters. The first-order chi connectivity index (χ1) is 10.2. The predicted octanol–water partition coefficient (Wildman–Crippen LogP) is 4.54. The van der Waals surface area contributed by atoms with Gasteiger partial charge >= 0.3 is 5.97 Å². The molecule has 2 aromatic carbocycles. The Bertz CT molecular complexity index is 659. The summed E-state index contributed by atoms with van der Waals surface area (Å²) in [5.74, 6) is -0.227. The molecule has 21 heavy (non-hydrogen) atoms. The van der Waals surface area contributed by atoms with Crippen LogP contribution in [0.5, 0.6) is 0 Å². The molecule has 0 spiro atoms. The van der Waals surface area contributed by atoms with Crippen LogP contribution in [0.3, 0.4) is 0 Å². The summed E-state index contributed by atoms with van der Waals surface area (Å²) in [5.41, 5.74) is 5.74. The molecule has 1 atom stereocenters. The lowest BCUT2D eigenvalue weighted by molar-refractivity contribution is 0.0254. The largest absolute Gasteiger partial charge is 0.454 e. The minimum Gasteiger partial charge on any atom is -0.454 e. The van der Waals surface area contributed by atoms with E-state index in [1.54, 1.807) is 12.1 Å². The maximum absolute atomic E-state index is 12.3. The molecule has 1 aliphatic carbocycles. The molecule has 1 aliphatic rings. The average Bonchev–Trinajstić information content (AvgIpc) is 2.52. The van der Waals surface area contributed by atoms with Crippen molar-refractivity contribution in [2.75, 3.05) is 0 Å². The van der Waals surface area contributed by atoms with Gasteiger partial charge in [0, 0.05) is 0 Å². The summed E-state index contributed by atoms with van der Waals surface area (Å²) in [7, 11) is 0. The lowest BCUT2D eigenvalue weighted by Gasteiger charge is -2.28. The number of hydrogen-bond acceptors (Lipinski definition) is 2. The Morgan fingerprint density at radius 2 is 1.76 bits per heavy atom. The molecule has 0 saturated carbocycles. The summed E-state index contributed by atoms with van der Waals surface area (Å²) in [6, 6.07) is 13.5. The highest BCUT2D eigenvalue weighted by Gasteiger charge is 2.26. The fraction of sp³-hybridized carbons (Fsp3) is 0.316. The lowest BCUT2D eigenvalue weighted by Crippen LogP contribution is -2.19. The van der Waals surface area contributed by atoms with Crippen LogP contribution in [0.2, 0.25) is 0 Å². The molecular weight excluding hydrogens is 260 g/mol. The van der Waals surface area contributed by atoms with E-state index in [1.807, 2.05) is 18.2 Å². The molecule has 3 rings (SSSR count). The molecule has 2 nitrogen and oxygen atoms in total. The minimum absolute atomic E-state index is 0.110. The van der Waals surface area contributed by atoms with Crippen LogP contribution >= 0.6 is 0 Å². The third-order valence-electron chi connectivity index (χ3n) is 4.28. The number of esters is 1. The van der Waals surface area contributed by atoms with E-state index in [0.717, 1.165) is 19.3 Å². The Hall–Kier alpha value is -2.09. The van der Waals surface area contributed by atoms with Crippen LogP contribution in [0, 0.1) is 13.8 Å². The summed E-state index contributed by atoms with van der Waals surface area (Å²) in [6.07, 6.45) is 2.96. The van der Waals surface area contributed by atoms with Gasteiger partial charge in [0.15, 0.2) is 0 Å². The molecule has 0 heterocycles. The van der Waals surface area contributed by atoms with E-state index in [-0.39, 0.29) is 12.1 Å². The summed E-state index contributed by atoms with van der Waals surface area (Å²) in [6.45, 7) is 4.24. The molecule has 0 bridgehead atoms. The van der Waals surface area contributed by atoms with Crippen molar-refractivity contribution in [3.8, 4) is 0 Å². The van der Waals surface area contributed by atoms with Gasteiger partial charge in [-0.3, -0.25) is 0 Å². The molecule has 2 aromatic rings. The first-order valence-electron chi connectivity index (χ1n) is 7.52. The number of benzene rings is 2. The zero-order chi connectivity index (χ0) is 14.8. The van der Waals surface area contributed by atoms with Crippen molar-refractivity contribution >= 4 is 5.97 Å². The molecule has 0 aliphatic heterocycles. The standard InChI is InChI=1S/C19H20O2/c1-13-11-12-14(2)18-16(13)9-6-10-17(18)21-19(20)15-7-4-3-5-8-15/h3-5,7-8,11-12,17H,6,9-10H2,1-2H3. The molecular formula is C19H20O2. The predicted molar refractivity (Wildman–Crippen MR) is 83.5 cm³/mol. The zero-order valence-corrected chi connectivity index (χ0v) is 12.6. The van der Waals surface area contributed by atoms with Crippen molar-refractivity contribution in [3.63, 3.8) is 0 Å². The smallest absolute Gasteiger partial charge is 0.338 e. The second kappa shape index (κ2) is 5.72. The Morgan fingerprint density at radius 3 is 2.52 bits per heavy atom. The summed E-state index contributed by atoms with van der Waals surface area (Å²) >= 11 is 0. The highest BCUT2D eigenvalue weighted by atomic mass is 16.5. The molecule has 0 amide bonds. The zero-order valence-electron chi connectivity index (χ0n) is 12.6. The van der Waals surface area contributed by atoms with Crippen LogP contribution in [0.4, 0.5) is 0 Å². The van der Waals surface area contributed by atoms with Crippen molar-refractivity contribution in [2.45, 2.75) is 39.2 Å². The maximum atomic E-state index is 12.3. The normalized spacial score (nSPS) is 17.1. The first-order valence-corrected chi connectivity index (χ1v) is 7.52. The fourth-order valence-corrected chi connectivity index (χ4v) is 3.17. The quantitative estimate of drug-likeness (QED) is 0.755. The molecule has 0 aromatic heterocycles. The van der Waals surface area contributed by atoms with Gasteiger partial charge < -0.3 is 4.74 Å². The van der Waals surface area contributed by atoms with Gasteiger partial charge in [0.25, 0.3) is 0 Å². The topological polar surface area (TPSA) is 26.3 Å². The third-order valence-corrected chi connectivity index (χ3v) is 4.28. The van der Waals surface area contributed by atoms with E-state index in [1.165, 1.54) is 22.3 Å². The summed E-state index contributed by atoms with van der Waals surface area (Å²) in [5, 5.41) is 0. The number of ether oxygens (including phenoxy) is 1. The summed E-state index contributed by atoms with van der Waals surface area (Å²) < 4.78 is 5.80. The number of aryl methyl sites for hydroxylation is 2. The number of hydrogen-bond donors (Lipinski definition) is 0. The van der Waals surface area contributed by atoms with Gasteiger partial charge in [-0.05, 0) is 67.5 Å². The van der Waals surface area contributed by atoms with Gasteiger partial charge in [0.2, 0.25) is 0 Å². The van der Waals surface area contributed by atoms with Gasteiger partial charge in [-0.2, -0.15) is 0 Å². The maximum Gasteiger partial charge on any atom is 0.338 e. The van der Waals surface area contributed by atoms with Crippen LogP contribution < -0.4 is 0 Å². The highest BCUT2D eigenvalue weighted by molar-refractivity contribution is 5.89. The van der Waals surface area contributed by atoms with Crippen LogP contribution in [0.1, 0.15) is 51.6 Å². The van der Waals surface area contributed by atoms with Gasteiger partial charge in [-0.25, -0.2) is 4.79 Å². The van der Waals surface area contributed by atoms with Gasteiger partial charge in [0.05, 0.1) is 5.56 Å². The van der Waals surface area contributed by atoms with Gasteiger partial charge in [-0.1, -0.05) is 30.3 Å². The van der Waals surface area contributed by atoms with Crippen LogP contribution in [0.25, 0.3) is 0 Å². The van der Waals surface area contributed by atoms with Crippen molar-refractivity contribution in [1.82, 2.24) is 0 Å². The van der Waals surface area contributed by atoms with Crippen molar-refractivity contribution in [3.05, 3.63) is 70.3 Å². The number of fused-ring (bicyclic) bond motifs is 1. The Kier molecular flexibility index (Phi) is 3.78. The Labute approximate surface area is 125 Å². The Morgan fingerprint density at radius 1 is 1.05 bits per heavy atom. The monoisotopic (exact) mass is 280 g/mol. The van der Waals surface area contributed by atoms with Crippen molar-refractivity contribution < 1.29 is 9.53 Å². The minimum atomic E-state index is -0.227. The van der Waals surface area contributed by atoms with E-state index < -0.39 is 0 Å². The van der Waals surface area contributed by atoms with Gasteiger partial charge in [0.1, 0.15) is 6.10 Å². The fourth-order valence-electron chi connectivity index (χ4n) is 3.17. The van der Waals surface area contributed by atoms with E-state index in [0.29, 0.717) is 5.56 Å². The van der Waals surface area contributed by atoms with E-state index >= 15 is 0 Å². The molecule has 108 valence electrons. The highest BCUT2D eigenvalue weighted by Crippen LogP contribution is 2.36. The molecule has 2 heteroatoms. The molecule has 0 fully saturated rings. The van der Waals surface area contributed by atoms with Crippen LogP contribution in [0.15, 0.2) is 42.5 Å². The summed E-state index contributed by atoms with van der Waals surface area (Å²) in [4.78, 5) is 12.3. The Balaban J connectivity index is 1.89. The second-order valence-corrected chi connectivity index (χ2v) is 5.74. The molecule has 0 saturated heterocycles. The van der Waals surface area contributed by atoms with Crippen molar-refractivity contribution in [1.29, 1.82) is 0 Å². The molecule has 0 N–H and O–H groups in total. The first kappa shape index (κ1) is 13.9. The number of carbonyl (C=O) groups excluding carboxylic acids is 1. The second-order valence-electron chi connectivity index (χ2n) is 5.74. The lowest BCUT2D eigenvalue weighted by atomic mass is 9.84. The number of carbonyl (C=O) groups is 1. The SMILES string of the molecule is Cc1ccc(C)c2c1CCCC2OC(=O)c1ccccc1. The van der Waals surface area contributed by atoms with Gasteiger partial charge in [-0.15, -0.1) is 0 Å². The van der Waals surface area contributed by atoms with E-state index in [2.05, 4.69) is 26.0 Å². The van der Waals surface area contributed by atoms with Crippen LogP contribution in [-0.2, 0) is 11.2 Å². The van der Waals surface area contributed by atoms with Crippen molar-refractivity contribution in [2.24, 2.45) is 0 Å². The third kappa shape index (κ3) is 2.71. The van der Waals surface area contributed by atoms with Crippen LogP contribution in [-0.4, -0.2) is 5.97 Å².